The molecule has 0 bridgehead atoms. The van der Waals surface area contributed by atoms with Gasteiger partial charge in [-0.3, -0.25) is 0 Å². The molecule has 1 aromatic carbocycles. The third kappa shape index (κ3) is 3.26. The first-order valence-electron chi connectivity index (χ1n) is 7.87. The Morgan fingerprint density at radius 2 is 2.08 bits per heavy atom. The van der Waals surface area contributed by atoms with Gasteiger partial charge in [0.2, 0.25) is 5.89 Å². The maximum Gasteiger partial charge on any atom is 0.314 e. The largest absolute Gasteiger partial charge is 0.487 e. The maximum atomic E-state index is 12.6. The molecule has 0 fully saturated rings. The molecule has 3 aromatic heterocycles. The normalized spacial score (nSPS) is 11.4. The number of benzene rings is 1. The van der Waals surface area contributed by atoms with Crippen molar-refractivity contribution >= 4 is 5.65 Å². The Bertz CT molecular complexity index is 1060. The van der Waals surface area contributed by atoms with Crippen molar-refractivity contribution in [1.82, 2.24) is 19.6 Å². The highest BCUT2D eigenvalue weighted by Crippen LogP contribution is 2.24. The Kier molecular flexibility index (Phi) is 4.08. The van der Waals surface area contributed by atoms with Gasteiger partial charge in [-0.1, -0.05) is 12.1 Å². The van der Waals surface area contributed by atoms with Crippen LogP contribution < -0.4 is 4.74 Å². The van der Waals surface area contributed by atoms with Crippen molar-refractivity contribution in [3.05, 3.63) is 65.9 Å². The van der Waals surface area contributed by atoms with Crippen molar-refractivity contribution in [2.24, 2.45) is 0 Å². The molecule has 0 aliphatic rings. The highest BCUT2D eigenvalue weighted by atomic mass is 19.3. The average molecular weight is 356 g/mol. The molecule has 0 radical (unpaired) electrons. The zero-order valence-corrected chi connectivity index (χ0v) is 13.8. The van der Waals surface area contributed by atoms with Gasteiger partial charge in [0.05, 0.1) is 5.69 Å². The van der Waals surface area contributed by atoms with E-state index in [0.29, 0.717) is 17.8 Å². The SMILES string of the molecule is Cc1cccc(OCc2cn3ccc(-c4nnc(C(F)F)o4)cc3n2)c1. The lowest BCUT2D eigenvalue weighted by Gasteiger charge is -2.04. The molecule has 4 aromatic rings. The van der Waals surface area contributed by atoms with Crippen LogP contribution in [0.5, 0.6) is 5.75 Å². The molecule has 4 rings (SSSR count). The lowest BCUT2D eigenvalue weighted by molar-refractivity contribution is 0.116. The van der Waals surface area contributed by atoms with Gasteiger partial charge in [-0.05, 0) is 36.8 Å². The van der Waals surface area contributed by atoms with E-state index in [4.69, 9.17) is 9.15 Å². The van der Waals surface area contributed by atoms with Gasteiger partial charge >= 0.3 is 6.43 Å². The van der Waals surface area contributed by atoms with Crippen molar-refractivity contribution in [1.29, 1.82) is 0 Å². The molecular formula is C18H14F2N4O2. The summed E-state index contributed by atoms with van der Waals surface area (Å²) in [5, 5.41) is 6.98. The summed E-state index contributed by atoms with van der Waals surface area (Å²) in [7, 11) is 0. The number of ether oxygens (including phenoxy) is 1. The second kappa shape index (κ2) is 6.55. The van der Waals surface area contributed by atoms with Crippen LogP contribution in [0.4, 0.5) is 8.78 Å². The van der Waals surface area contributed by atoms with E-state index >= 15 is 0 Å². The van der Waals surface area contributed by atoms with Crippen LogP contribution in [-0.2, 0) is 6.61 Å². The third-order valence-corrected chi connectivity index (χ3v) is 3.76. The van der Waals surface area contributed by atoms with Gasteiger partial charge in [0.1, 0.15) is 18.0 Å². The van der Waals surface area contributed by atoms with Crippen molar-refractivity contribution in [3.8, 4) is 17.2 Å². The molecule has 0 atom stereocenters. The van der Waals surface area contributed by atoms with E-state index in [1.807, 2.05) is 41.8 Å². The van der Waals surface area contributed by atoms with E-state index in [-0.39, 0.29) is 5.89 Å². The number of fused-ring (bicyclic) bond motifs is 1. The van der Waals surface area contributed by atoms with Gasteiger partial charge < -0.3 is 13.6 Å². The predicted octanol–water partition coefficient (Wildman–Crippen LogP) is 4.21. The quantitative estimate of drug-likeness (QED) is 0.536. The van der Waals surface area contributed by atoms with Gasteiger partial charge in [-0.25, -0.2) is 4.98 Å². The minimum absolute atomic E-state index is 0.0309. The van der Waals surface area contributed by atoms with E-state index in [1.54, 1.807) is 18.3 Å². The van der Waals surface area contributed by atoms with E-state index in [9.17, 15) is 8.78 Å². The summed E-state index contributed by atoms with van der Waals surface area (Å²) in [6, 6.07) is 11.2. The van der Waals surface area contributed by atoms with Gasteiger partial charge in [0.15, 0.2) is 0 Å². The maximum absolute atomic E-state index is 12.6. The van der Waals surface area contributed by atoms with Crippen LogP contribution in [0.3, 0.4) is 0 Å². The first-order valence-corrected chi connectivity index (χ1v) is 7.87. The van der Waals surface area contributed by atoms with Crippen LogP contribution in [0, 0.1) is 6.92 Å². The molecular weight excluding hydrogens is 342 g/mol. The molecule has 0 spiro atoms. The first kappa shape index (κ1) is 16.2. The number of imidazole rings is 1. The van der Waals surface area contributed by atoms with Gasteiger partial charge in [-0.2, -0.15) is 8.78 Å². The summed E-state index contributed by atoms with van der Waals surface area (Å²) in [6.07, 6.45) is 0.796. The van der Waals surface area contributed by atoms with Crippen LogP contribution >= 0.6 is 0 Å². The van der Waals surface area contributed by atoms with Crippen molar-refractivity contribution in [2.45, 2.75) is 20.0 Å². The standard InChI is InChI=1S/C18H14F2N4O2/c1-11-3-2-4-14(7-11)25-10-13-9-24-6-5-12(8-15(24)21-13)17-22-23-18(26-17)16(19)20/h2-9,16H,10H2,1H3. The predicted molar refractivity (Wildman–Crippen MR) is 89.0 cm³/mol. The van der Waals surface area contributed by atoms with Gasteiger partial charge in [-0.15, -0.1) is 10.2 Å². The van der Waals surface area contributed by atoms with Gasteiger partial charge in [0.25, 0.3) is 5.89 Å². The number of pyridine rings is 1. The number of alkyl halides is 2. The fraction of sp³-hybridized carbons (Fsp3) is 0.167. The molecule has 0 saturated heterocycles. The number of aromatic nitrogens is 4. The Morgan fingerprint density at radius 1 is 1.19 bits per heavy atom. The monoisotopic (exact) mass is 356 g/mol. The van der Waals surface area contributed by atoms with E-state index in [2.05, 4.69) is 15.2 Å². The Labute approximate surface area is 147 Å². The van der Waals surface area contributed by atoms with Crippen LogP contribution in [0.25, 0.3) is 17.1 Å². The molecule has 26 heavy (non-hydrogen) atoms. The molecule has 0 saturated carbocycles. The first-order chi connectivity index (χ1) is 12.6. The van der Waals surface area contributed by atoms with E-state index in [0.717, 1.165) is 17.0 Å². The average Bonchev–Trinajstić information content (AvgIpc) is 3.26. The summed E-state index contributed by atoms with van der Waals surface area (Å²) in [5.74, 6) is 0.104. The van der Waals surface area contributed by atoms with Crippen LogP contribution in [-0.4, -0.2) is 19.6 Å². The number of halogens is 2. The molecule has 0 N–H and O–H groups in total. The third-order valence-electron chi connectivity index (χ3n) is 3.76. The molecule has 0 unspecified atom stereocenters. The number of aryl methyl sites for hydroxylation is 1. The lowest BCUT2D eigenvalue weighted by Crippen LogP contribution is -1.95. The molecule has 132 valence electrons. The second-order valence-electron chi connectivity index (χ2n) is 5.76. The van der Waals surface area contributed by atoms with E-state index < -0.39 is 12.3 Å². The summed E-state index contributed by atoms with van der Waals surface area (Å²) < 4.78 is 37.7. The van der Waals surface area contributed by atoms with Crippen LogP contribution in [0.2, 0.25) is 0 Å². The highest BCUT2D eigenvalue weighted by molar-refractivity contribution is 5.59. The smallest absolute Gasteiger partial charge is 0.314 e. The fourth-order valence-corrected chi connectivity index (χ4v) is 2.54. The summed E-state index contributed by atoms with van der Waals surface area (Å²) >= 11 is 0. The van der Waals surface area contributed by atoms with Crippen molar-refractivity contribution in [2.75, 3.05) is 0 Å². The highest BCUT2D eigenvalue weighted by Gasteiger charge is 2.17. The summed E-state index contributed by atoms with van der Waals surface area (Å²) in [6.45, 7) is 2.31. The Hall–Kier alpha value is -3.29. The lowest BCUT2D eigenvalue weighted by atomic mass is 10.2. The summed E-state index contributed by atoms with van der Waals surface area (Å²) in [4.78, 5) is 4.48. The number of hydrogen-bond acceptors (Lipinski definition) is 5. The fourth-order valence-electron chi connectivity index (χ4n) is 2.54. The molecule has 3 heterocycles. The zero-order valence-electron chi connectivity index (χ0n) is 13.8. The van der Waals surface area contributed by atoms with Crippen LogP contribution in [0.15, 0.2) is 53.2 Å². The Balaban J connectivity index is 1.55. The van der Waals surface area contributed by atoms with E-state index in [1.165, 1.54) is 0 Å². The number of hydrogen-bond donors (Lipinski definition) is 0. The Morgan fingerprint density at radius 3 is 2.85 bits per heavy atom. The minimum Gasteiger partial charge on any atom is -0.487 e. The molecule has 0 aliphatic carbocycles. The number of rotatable bonds is 5. The van der Waals surface area contributed by atoms with Crippen LogP contribution in [0.1, 0.15) is 23.6 Å². The molecule has 6 nitrogen and oxygen atoms in total. The van der Waals surface area contributed by atoms with Gasteiger partial charge in [0, 0.05) is 18.0 Å². The minimum atomic E-state index is -2.79. The van der Waals surface area contributed by atoms with Crippen molar-refractivity contribution in [3.63, 3.8) is 0 Å². The second-order valence-corrected chi connectivity index (χ2v) is 5.76. The molecule has 8 heteroatoms. The number of nitrogens with zero attached hydrogens (tertiary/aromatic N) is 4. The van der Waals surface area contributed by atoms with Crippen molar-refractivity contribution < 1.29 is 17.9 Å². The molecule has 0 amide bonds. The molecule has 0 aliphatic heterocycles. The topological polar surface area (TPSA) is 65.5 Å². The zero-order chi connectivity index (χ0) is 18.1. The summed E-state index contributed by atoms with van der Waals surface area (Å²) in [5.41, 5.74) is 3.00.